The number of rotatable bonds is 3. The first kappa shape index (κ1) is 13.2. The van der Waals surface area contributed by atoms with Gasteiger partial charge in [0.15, 0.2) is 0 Å². The van der Waals surface area contributed by atoms with Gasteiger partial charge < -0.3 is 5.73 Å². The quantitative estimate of drug-likeness (QED) is 0.875. The average molecular weight is 239 g/mol. The summed E-state index contributed by atoms with van der Waals surface area (Å²) < 4.78 is 0. The summed E-state index contributed by atoms with van der Waals surface area (Å²) in [6.07, 6.45) is 5.52. The summed E-state index contributed by atoms with van der Waals surface area (Å²) in [6, 6.07) is 10.8. The highest BCUT2D eigenvalue weighted by molar-refractivity contribution is 5.85. The number of benzene rings is 1. The van der Waals surface area contributed by atoms with Crippen LogP contribution in [0.4, 0.5) is 0 Å². The van der Waals surface area contributed by atoms with E-state index in [1.165, 1.54) is 5.56 Å². The third kappa shape index (κ3) is 3.97. The summed E-state index contributed by atoms with van der Waals surface area (Å²) in [6.45, 7) is 3.20. The standard InChI is InChI=1S/C13H18N2.ClH/c14-13-8-10-15(11-13)9-4-7-12-5-2-1-3-6-12;/h1-7,13H,8-11,14H2;1H/b7-4+;/t13-;/m0./s1. The van der Waals surface area contributed by atoms with Crippen molar-refractivity contribution in [2.24, 2.45) is 5.73 Å². The van der Waals surface area contributed by atoms with Gasteiger partial charge in [0, 0.05) is 25.7 Å². The maximum absolute atomic E-state index is 5.84. The molecule has 0 aliphatic carbocycles. The van der Waals surface area contributed by atoms with Gasteiger partial charge in [0.2, 0.25) is 0 Å². The van der Waals surface area contributed by atoms with Crippen LogP contribution in [0.3, 0.4) is 0 Å². The molecule has 0 spiro atoms. The number of halogens is 1. The van der Waals surface area contributed by atoms with Crippen molar-refractivity contribution in [2.45, 2.75) is 12.5 Å². The second-order valence-electron chi connectivity index (χ2n) is 4.12. The molecule has 1 atom stereocenters. The Kier molecular flexibility index (Phi) is 5.53. The van der Waals surface area contributed by atoms with Crippen molar-refractivity contribution < 1.29 is 0 Å². The minimum Gasteiger partial charge on any atom is -0.326 e. The minimum atomic E-state index is 0. The van der Waals surface area contributed by atoms with E-state index in [0.29, 0.717) is 6.04 Å². The van der Waals surface area contributed by atoms with Gasteiger partial charge in [-0.3, -0.25) is 4.90 Å². The Balaban J connectivity index is 0.00000128. The average Bonchev–Trinajstić information content (AvgIpc) is 2.66. The topological polar surface area (TPSA) is 29.3 Å². The molecule has 2 rings (SSSR count). The number of hydrogen-bond acceptors (Lipinski definition) is 2. The fourth-order valence-corrected chi connectivity index (χ4v) is 1.93. The van der Waals surface area contributed by atoms with Crippen LogP contribution in [0.25, 0.3) is 6.08 Å². The Labute approximate surface area is 104 Å². The molecule has 0 bridgehead atoms. The molecule has 1 aliphatic rings. The smallest absolute Gasteiger partial charge is 0.0180 e. The van der Waals surface area contributed by atoms with Crippen molar-refractivity contribution in [1.82, 2.24) is 4.90 Å². The highest BCUT2D eigenvalue weighted by atomic mass is 35.5. The molecule has 1 aliphatic heterocycles. The maximum atomic E-state index is 5.84. The van der Waals surface area contributed by atoms with E-state index < -0.39 is 0 Å². The first-order valence-electron chi connectivity index (χ1n) is 5.54. The molecule has 0 radical (unpaired) electrons. The molecule has 16 heavy (non-hydrogen) atoms. The molecule has 1 aromatic rings. The van der Waals surface area contributed by atoms with Gasteiger partial charge in [0.25, 0.3) is 0 Å². The lowest BCUT2D eigenvalue weighted by molar-refractivity contribution is 0.372. The monoisotopic (exact) mass is 238 g/mol. The Morgan fingerprint density at radius 1 is 1.31 bits per heavy atom. The highest BCUT2D eigenvalue weighted by Gasteiger charge is 2.16. The van der Waals surface area contributed by atoms with Crippen LogP contribution in [0.5, 0.6) is 0 Å². The van der Waals surface area contributed by atoms with E-state index in [1.54, 1.807) is 0 Å². The van der Waals surface area contributed by atoms with Gasteiger partial charge in [-0.1, -0.05) is 42.5 Å². The number of likely N-dealkylation sites (tertiary alicyclic amines) is 1. The Hall–Kier alpha value is -0.830. The second kappa shape index (κ2) is 6.69. The Morgan fingerprint density at radius 2 is 2.06 bits per heavy atom. The molecule has 1 fully saturated rings. The fraction of sp³-hybridized carbons (Fsp3) is 0.385. The summed E-state index contributed by atoms with van der Waals surface area (Å²) in [5.41, 5.74) is 7.11. The molecule has 0 aromatic heterocycles. The van der Waals surface area contributed by atoms with Crippen LogP contribution in [-0.2, 0) is 0 Å². The molecule has 88 valence electrons. The molecule has 0 unspecified atom stereocenters. The van der Waals surface area contributed by atoms with Crippen LogP contribution in [0.2, 0.25) is 0 Å². The zero-order valence-electron chi connectivity index (χ0n) is 9.38. The van der Waals surface area contributed by atoms with Crippen LogP contribution in [0.1, 0.15) is 12.0 Å². The van der Waals surface area contributed by atoms with Crippen LogP contribution in [0.15, 0.2) is 36.4 Å². The van der Waals surface area contributed by atoms with Gasteiger partial charge in [-0.05, 0) is 12.0 Å². The van der Waals surface area contributed by atoms with E-state index in [0.717, 1.165) is 26.1 Å². The normalized spacial score (nSPS) is 21.2. The summed E-state index contributed by atoms with van der Waals surface area (Å²) >= 11 is 0. The molecule has 2 N–H and O–H groups in total. The molecule has 1 saturated heterocycles. The number of hydrogen-bond donors (Lipinski definition) is 1. The molecular weight excluding hydrogens is 220 g/mol. The first-order chi connectivity index (χ1) is 7.34. The lowest BCUT2D eigenvalue weighted by Crippen LogP contribution is -2.26. The van der Waals surface area contributed by atoms with Crippen LogP contribution >= 0.6 is 12.4 Å². The van der Waals surface area contributed by atoms with Crippen molar-refractivity contribution in [3.63, 3.8) is 0 Å². The van der Waals surface area contributed by atoms with Crippen LogP contribution < -0.4 is 5.73 Å². The summed E-state index contributed by atoms with van der Waals surface area (Å²) in [4.78, 5) is 2.39. The zero-order valence-corrected chi connectivity index (χ0v) is 10.2. The lowest BCUT2D eigenvalue weighted by Gasteiger charge is -2.11. The Bertz CT molecular complexity index is 324. The largest absolute Gasteiger partial charge is 0.326 e. The van der Waals surface area contributed by atoms with Crippen molar-refractivity contribution in [3.05, 3.63) is 42.0 Å². The van der Waals surface area contributed by atoms with E-state index in [4.69, 9.17) is 5.73 Å². The number of nitrogens with zero attached hydrogens (tertiary/aromatic N) is 1. The van der Waals surface area contributed by atoms with Crippen LogP contribution in [0, 0.1) is 0 Å². The molecule has 0 amide bonds. The molecule has 0 saturated carbocycles. The Morgan fingerprint density at radius 3 is 2.69 bits per heavy atom. The summed E-state index contributed by atoms with van der Waals surface area (Å²) in [5.74, 6) is 0. The van der Waals surface area contributed by atoms with Gasteiger partial charge in [-0.25, -0.2) is 0 Å². The van der Waals surface area contributed by atoms with Gasteiger partial charge in [0.1, 0.15) is 0 Å². The van der Waals surface area contributed by atoms with E-state index >= 15 is 0 Å². The van der Waals surface area contributed by atoms with Gasteiger partial charge in [-0.15, -0.1) is 12.4 Å². The van der Waals surface area contributed by atoms with E-state index in [2.05, 4.69) is 41.3 Å². The second-order valence-corrected chi connectivity index (χ2v) is 4.12. The predicted octanol–water partition coefficient (Wildman–Crippen LogP) is 2.15. The van der Waals surface area contributed by atoms with Gasteiger partial charge in [0.05, 0.1) is 0 Å². The number of nitrogens with two attached hydrogens (primary N) is 1. The van der Waals surface area contributed by atoms with E-state index in [1.807, 2.05) is 6.07 Å². The van der Waals surface area contributed by atoms with Gasteiger partial charge in [-0.2, -0.15) is 0 Å². The summed E-state index contributed by atoms with van der Waals surface area (Å²) in [5, 5.41) is 0. The van der Waals surface area contributed by atoms with E-state index in [9.17, 15) is 0 Å². The first-order valence-corrected chi connectivity index (χ1v) is 5.54. The third-order valence-electron chi connectivity index (χ3n) is 2.78. The highest BCUT2D eigenvalue weighted by Crippen LogP contribution is 2.07. The minimum absolute atomic E-state index is 0. The molecular formula is C13H19ClN2. The molecule has 2 nitrogen and oxygen atoms in total. The lowest BCUT2D eigenvalue weighted by atomic mass is 10.2. The molecule has 3 heteroatoms. The fourth-order valence-electron chi connectivity index (χ4n) is 1.93. The molecule has 1 aromatic carbocycles. The predicted molar refractivity (Wildman–Crippen MR) is 71.8 cm³/mol. The SMILES string of the molecule is Cl.N[C@H]1CCN(C/C=C/c2ccccc2)C1. The van der Waals surface area contributed by atoms with Crippen molar-refractivity contribution in [3.8, 4) is 0 Å². The maximum Gasteiger partial charge on any atom is 0.0180 e. The van der Waals surface area contributed by atoms with Crippen molar-refractivity contribution in [2.75, 3.05) is 19.6 Å². The molecule has 1 heterocycles. The zero-order chi connectivity index (χ0) is 10.5. The van der Waals surface area contributed by atoms with E-state index in [-0.39, 0.29) is 12.4 Å². The third-order valence-corrected chi connectivity index (χ3v) is 2.78. The van der Waals surface area contributed by atoms with Crippen LogP contribution in [-0.4, -0.2) is 30.6 Å². The van der Waals surface area contributed by atoms with Gasteiger partial charge >= 0.3 is 0 Å². The van der Waals surface area contributed by atoms with Crippen molar-refractivity contribution in [1.29, 1.82) is 0 Å². The summed E-state index contributed by atoms with van der Waals surface area (Å²) in [7, 11) is 0. The van der Waals surface area contributed by atoms with Crippen molar-refractivity contribution >= 4 is 18.5 Å².